The van der Waals surface area contributed by atoms with Crippen LogP contribution in [-0.2, 0) is 9.53 Å². The zero-order valence-corrected chi connectivity index (χ0v) is 11.1. The maximum absolute atomic E-state index is 11.4. The van der Waals surface area contributed by atoms with E-state index in [1.54, 1.807) is 0 Å². The first kappa shape index (κ1) is 12.4. The number of allylic oxidation sites excluding steroid dienone is 2. The van der Waals surface area contributed by atoms with Gasteiger partial charge in [-0.1, -0.05) is 32.4 Å². The van der Waals surface area contributed by atoms with E-state index in [0.29, 0.717) is 12.0 Å². The molecule has 2 aliphatic rings. The summed E-state index contributed by atoms with van der Waals surface area (Å²) in [7, 11) is 0. The van der Waals surface area contributed by atoms with Crippen LogP contribution in [0.2, 0.25) is 0 Å². The second-order valence-corrected chi connectivity index (χ2v) is 6.20. The molecule has 17 heavy (non-hydrogen) atoms. The van der Waals surface area contributed by atoms with Gasteiger partial charge in [0.15, 0.2) is 0 Å². The Kier molecular flexibility index (Phi) is 3.41. The van der Waals surface area contributed by atoms with Crippen molar-refractivity contribution in [2.45, 2.75) is 46.5 Å². The van der Waals surface area contributed by atoms with Crippen LogP contribution in [0.5, 0.6) is 0 Å². The van der Waals surface area contributed by atoms with Crippen LogP contribution in [0.3, 0.4) is 0 Å². The second-order valence-electron chi connectivity index (χ2n) is 6.20. The van der Waals surface area contributed by atoms with Gasteiger partial charge in [0.2, 0.25) is 0 Å². The van der Waals surface area contributed by atoms with Crippen LogP contribution in [0.25, 0.3) is 0 Å². The zero-order valence-electron chi connectivity index (χ0n) is 11.1. The van der Waals surface area contributed by atoms with Crippen molar-refractivity contribution in [2.24, 2.45) is 11.3 Å². The zero-order chi connectivity index (χ0) is 12.5. The van der Waals surface area contributed by atoms with Gasteiger partial charge in [-0.2, -0.15) is 0 Å². The Morgan fingerprint density at radius 3 is 2.59 bits per heavy atom. The van der Waals surface area contributed by atoms with Crippen LogP contribution < -0.4 is 0 Å². The van der Waals surface area contributed by atoms with Gasteiger partial charge in [0, 0.05) is 12.0 Å². The summed E-state index contributed by atoms with van der Waals surface area (Å²) in [4.78, 5) is 11.4. The summed E-state index contributed by atoms with van der Waals surface area (Å²) >= 11 is 0. The van der Waals surface area contributed by atoms with E-state index in [1.807, 2.05) is 6.08 Å². The maximum Gasteiger partial charge on any atom is 0.334 e. The van der Waals surface area contributed by atoms with Gasteiger partial charge in [0.1, 0.15) is 6.61 Å². The van der Waals surface area contributed by atoms with Gasteiger partial charge in [-0.25, -0.2) is 4.79 Å². The molecule has 1 unspecified atom stereocenters. The van der Waals surface area contributed by atoms with E-state index in [4.69, 9.17) is 4.74 Å². The van der Waals surface area contributed by atoms with Gasteiger partial charge in [-0.15, -0.1) is 0 Å². The first-order valence-electron chi connectivity index (χ1n) is 6.51. The number of carbonyl (C=O) groups excluding carboxylic acids is 1. The Morgan fingerprint density at radius 2 is 2.12 bits per heavy atom. The third-order valence-corrected chi connectivity index (χ3v) is 3.95. The lowest BCUT2D eigenvalue weighted by Crippen LogP contribution is -2.22. The van der Waals surface area contributed by atoms with Crippen molar-refractivity contribution >= 4 is 5.97 Å². The average Bonchev–Trinajstić information content (AvgIpc) is 2.64. The van der Waals surface area contributed by atoms with E-state index in [-0.39, 0.29) is 5.97 Å². The quantitative estimate of drug-likeness (QED) is 0.538. The van der Waals surface area contributed by atoms with Gasteiger partial charge in [-0.05, 0) is 36.7 Å². The highest BCUT2D eigenvalue weighted by Gasteiger charge is 2.27. The molecule has 0 radical (unpaired) electrons. The maximum atomic E-state index is 11.4. The predicted molar refractivity (Wildman–Crippen MR) is 68.5 cm³/mol. The van der Waals surface area contributed by atoms with Crippen molar-refractivity contribution < 1.29 is 9.53 Å². The molecule has 94 valence electrons. The molecule has 0 saturated heterocycles. The fraction of sp³-hybridized carbons (Fsp3) is 0.667. The highest BCUT2D eigenvalue weighted by molar-refractivity contribution is 5.90. The molecule has 2 nitrogen and oxygen atoms in total. The number of hydrogen-bond donors (Lipinski definition) is 0. The summed E-state index contributed by atoms with van der Waals surface area (Å²) in [5.74, 6) is 0.652. The first-order valence-corrected chi connectivity index (χ1v) is 6.51. The van der Waals surface area contributed by atoms with Crippen molar-refractivity contribution in [1.82, 2.24) is 0 Å². The Hall–Kier alpha value is -1.05. The van der Waals surface area contributed by atoms with Crippen LogP contribution in [0.4, 0.5) is 0 Å². The van der Waals surface area contributed by atoms with Gasteiger partial charge in [0.25, 0.3) is 0 Å². The number of ether oxygens (including phenoxy) is 1. The molecule has 0 aromatic heterocycles. The summed E-state index contributed by atoms with van der Waals surface area (Å²) in [5, 5.41) is 0. The van der Waals surface area contributed by atoms with Gasteiger partial charge >= 0.3 is 5.97 Å². The van der Waals surface area contributed by atoms with Crippen LogP contribution in [-0.4, -0.2) is 12.6 Å². The van der Waals surface area contributed by atoms with Crippen molar-refractivity contribution in [3.8, 4) is 0 Å². The van der Waals surface area contributed by atoms with Crippen LogP contribution in [0.15, 0.2) is 23.3 Å². The van der Waals surface area contributed by atoms with E-state index in [9.17, 15) is 4.79 Å². The molecular weight excluding hydrogens is 212 g/mol. The van der Waals surface area contributed by atoms with Crippen LogP contribution in [0, 0.1) is 11.3 Å². The number of carbonyl (C=O) groups is 1. The average molecular weight is 234 g/mol. The lowest BCUT2D eigenvalue weighted by molar-refractivity contribution is -0.136. The monoisotopic (exact) mass is 234 g/mol. The van der Waals surface area contributed by atoms with Crippen molar-refractivity contribution in [3.63, 3.8) is 0 Å². The first-order chi connectivity index (χ1) is 7.97. The normalized spacial score (nSPS) is 25.4. The molecule has 0 N–H and O–H groups in total. The third kappa shape index (κ3) is 2.99. The standard InChI is InChI=1S/C15H22O2/c1-15(2,3)13-6-4-11(5-7-13)10-12-8-9-17-14(12)16/h4,8,13H,5-7,9-10H2,1-3H3. The molecule has 1 aliphatic heterocycles. The summed E-state index contributed by atoms with van der Waals surface area (Å²) in [6, 6.07) is 0. The molecule has 1 aliphatic carbocycles. The number of esters is 1. The molecule has 0 amide bonds. The van der Waals surface area contributed by atoms with Crippen molar-refractivity contribution in [3.05, 3.63) is 23.3 Å². The Labute approximate surface area is 104 Å². The topological polar surface area (TPSA) is 26.3 Å². The molecule has 2 rings (SSSR count). The summed E-state index contributed by atoms with van der Waals surface area (Å²) < 4.78 is 4.92. The SMILES string of the molecule is CC(C)(C)C1CC=C(CC2=CCOC2=O)CC1. The van der Waals surface area contributed by atoms with E-state index in [1.165, 1.54) is 12.0 Å². The molecule has 0 aromatic rings. The number of hydrogen-bond acceptors (Lipinski definition) is 2. The summed E-state index contributed by atoms with van der Waals surface area (Å²) in [5.41, 5.74) is 2.66. The van der Waals surface area contributed by atoms with Crippen LogP contribution >= 0.6 is 0 Å². The minimum absolute atomic E-state index is 0.121. The van der Waals surface area contributed by atoms with Crippen molar-refractivity contribution in [1.29, 1.82) is 0 Å². The molecule has 0 spiro atoms. The highest BCUT2D eigenvalue weighted by atomic mass is 16.5. The molecule has 2 heteroatoms. The van der Waals surface area contributed by atoms with E-state index >= 15 is 0 Å². The van der Waals surface area contributed by atoms with Gasteiger partial charge in [0.05, 0.1) is 0 Å². The number of cyclic esters (lactones) is 1. The smallest absolute Gasteiger partial charge is 0.334 e. The predicted octanol–water partition coefficient (Wildman–Crippen LogP) is 3.63. The number of rotatable bonds is 2. The van der Waals surface area contributed by atoms with Gasteiger partial charge < -0.3 is 4.74 Å². The van der Waals surface area contributed by atoms with Crippen molar-refractivity contribution in [2.75, 3.05) is 6.61 Å². The van der Waals surface area contributed by atoms with E-state index in [0.717, 1.165) is 30.8 Å². The molecule has 0 aromatic carbocycles. The third-order valence-electron chi connectivity index (χ3n) is 3.95. The van der Waals surface area contributed by atoms with Crippen LogP contribution in [0.1, 0.15) is 46.5 Å². The lowest BCUT2D eigenvalue weighted by Gasteiger charge is -2.33. The lowest BCUT2D eigenvalue weighted by atomic mass is 9.72. The molecular formula is C15H22O2. The Balaban J connectivity index is 1.93. The van der Waals surface area contributed by atoms with Gasteiger partial charge in [-0.3, -0.25) is 0 Å². The molecule has 0 bridgehead atoms. The molecule has 0 saturated carbocycles. The summed E-state index contributed by atoms with van der Waals surface area (Å²) in [6.45, 7) is 7.40. The molecule has 0 fully saturated rings. The van der Waals surface area contributed by atoms with E-state index in [2.05, 4.69) is 26.8 Å². The molecule has 1 heterocycles. The second kappa shape index (κ2) is 4.67. The Morgan fingerprint density at radius 1 is 1.35 bits per heavy atom. The minimum atomic E-state index is -0.121. The minimum Gasteiger partial charge on any atom is -0.458 e. The molecule has 1 atom stereocenters. The summed E-state index contributed by atoms with van der Waals surface area (Å²) in [6.07, 6.45) is 8.59. The highest BCUT2D eigenvalue weighted by Crippen LogP contribution is 2.38. The fourth-order valence-electron chi connectivity index (χ4n) is 2.62. The Bertz CT molecular complexity index is 369. The van der Waals surface area contributed by atoms with E-state index < -0.39 is 0 Å². The largest absolute Gasteiger partial charge is 0.458 e. The fourth-order valence-corrected chi connectivity index (χ4v) is 2.62.